The number of hydrogen-bond donors (Lipinski definition) is 2. The highest BCUT2D eigenvalue weighted by Crippen LogP contribution is 2.28. The van der Waals surface area contributed by atoms with E-state index in [4.69, 9.17) is 9.47 Å². The van der Waals surface area contributed by atoms with Gasteiger partial charge in [-0.3, -0.25) is 9.59 Å². The number of rotatable bonds is 8. The molecule has 2 N–H and O–H groups in total. The van der Waals surface area contributed by atoms with Crippen molar-refractivity contribution in [2.24, 2.45) is 0 Å². The lowest BCUT2D eigenvalue weighted by Gasteiger charge is -2.32. The SMILES string of the molecule is CNCCCC(=O)NC1CCN(C(=O)c2ccc(OC)c(OC)c2)CC1. The van der Waals surface area contributed by atoms with Crippen LogP contribution in [-0.2, 0) is 4.79 Å². The van der Waals surface area contributed by atoms with Crippen LogP contribution in [0.3, 0.4) is 0 Å². The molecule has 0 spiro atoms. The van der Waals surface area contributed by atoms with Crippen LogP contribution in [0.25, 0.3) is 0 Å². The smallest absolute Gasteiger partial charge is 0.253 e. The number of nitrogens with zero attached hydrogens (tertiary/aromatic N) is 1. The van der Waals surface area contributed by atoms with Gasteiger partial charge in [-0.05, 0) is 51.1 Å². The molecule has 1 fully saturated rings. The molecule has 1 aromatic rings. The van der Waals surface area contributed by atoms with Gasteiger partial charge in [0, 0.05) is 31.1 Å². The molecular formula is C19H29N3O4. The Morgan fingerprint density at radius 3 is 2.46 bits per heavy atom. The molecule has 1 heterocycles. The predicted molar refractivity (Wildman–Crippen MR) is 99.8 cm³/mol. The van der Waals surface area contributed by atoms with Gasteiger partial charge in [-0.15, -0.1) is 0 Å². The van der Waals surface area contributed by atoms with Crippen molar-refractivity contribution >= 4 is 11.8 Å². The first-order valence-corrected chi connectivity index (χ1v) is 9.04. The van der Waals surface area contributed by atoms with Crippen LogP contribution in [0.4, 0.5) is 0 Å². The largest absolute Gasteiger partial charge is 0.493 e. The van der Waals surface area contributed by atoms with Crippen molar-refractivity contribution in [2.75, 3.05) is 40.9 Å². The third kappa shape index (κ3) is 5.36. The average molecular weight is 363 g/mol. The monoisotopic (exact) mass is 363 g/mol. The van der Waals surface area contributed by atoms with E-state index in [-0.39, 0.29) is 17.9 Å². The summed E-state index contributed by atoms with van der Waals surface area (Å²) in [6.07, 6.45) is 2.91. The molecular weight excluding hydrogens is 334 g/mol. The molecule has 2 rings (SSSR count). The number of carbonyl (C=O) groups is 2. The molecule has 1 saturated heterocycles. The Morgan fingerprint density at radius 1 is 1.15 bits per heavy atom. The Morgan fingerprint density at radius 2 is 1.85 bits per heavy atom. The van der Waals surface area contributed by atoms with Crippen LogP contribution in [-0.4, -0.2) is 63.7 Å². The number of hydrogen-bond acceptors (Lipinski definition) is 5. The third-order valence-corrected chi connectivity index (χ3v) is 4.61. The Balaban J connectivity index is 1.85. The second-order valence-corrected chi connectivity index (χ2v) is 6.41. The van der Waals surface area contributed by atoms with Gasteiger partial charge in [-0.25, -0.2) is 0 Å². The summed E-state index contributed by atoms with van der Waals surface area (Å²) in [5, 5.41) is 6.10. The third-order valence-electron chi connectivity index (χ3n) is 4.61. The van der Waals surface area contributed by atoms with Gasteiger partial charge in [-0.2, -0.15) is 0 Å². The van der Waals surface area contributed by atoms with Crippen LogP contribution < -0.4 is 20.1 Å². The fraction of sp³-hybridized carbons (Fsp3) is 0.579. The Labute approximate surface area is 155 Å². The van der Waals surface area contributed by atoms with Crippen molar-refractivity contribution in [2.45, 2.75) is 31.7 Å². The average Bonchev–Trinajstić information content (AvgIpc) is 2.67. The number of amides is 2. The standard InChI is InChI=1S/C19H29N3O4/c1-20-10-4-5-18(23)21-15-8-11-22(12-9-15)19(24)14-6-7-16(25-2)17(13-14)26-3/h6-7,13,15,20H,4-5,8-12H2,1-3H3,(H,21,23). The lowest BCUT2D eigenvalue weighted by Crippen LogP contribution is -2.46. The van der Waals surface area contributed by atoms with Crippen molar-refractivity contribution in [3.63, 3.8) is 0 Å². The number of likely N-dealkylation sites (tertiary alicyclic amines) is 1. The lowest BCUT2D eigenvalue weighted by atomic mass is 10.0. The summed E-state index contributed by atoms with van der Waals surface area (Å²) in [5.41, 5.74) is 0.581. The minimum Gasteiger partial charge on any atom is -0.493 e. The highest BCUT2D eigenvalue weighted by Gasteiger charge is 2.25. The fourth-order valence-electron chi connectivity index (χ4n) is 3.10. The van der Waals surface area contributed by atoms with Gasteiger partial charge in [0.25, 0.3) is 5.91 Å². The zero-order chi connectivity index (χ0) is 18.9. The van der Waals surface area contributed by atoms with Gasteiger partial charge in [-0.1, -0.05) is 0 Å². The molecule has 0 unspecified atom stereocenters. The van der Waals surface area contributed by atoms with E-state index >= 15 is 0 Å². The molecule has 1 aromatic carbocycles. The molecule has 0 aliphatic carbocycles. The van der Waals surface area contributed by atoms with E-state index in [1.165, 1.54) is 0 Å². The van der Waals surface area contributed by atoms with Crippen LogP contribution >= 0.6 is 0 Å². The summed E-state index contributed by atoms with van der Waals surface area (Å²) in [4.78, 5) is 26.4. The Hall–Kier alpha value is -2.28. The molecule has 144 valence electrons. The van der Waals surface area contributed by atoms with Gasteiger partial charge in [0.1, 0.15) is 0 Å². The maximum atomic E-state index is 12.7. The summed E-state index contributed by atoms with van der Waals surface area (Å²) in [7, 11) is 5.00. The summed E-state index contributed by atoms with van der Waals surface area (Å²) >= 11 is 0. The molecule has 0 atom stereocenters. The first-order chi connectivity index (χ1) is 12.6. The van der Waals surface area contributed by atoms with E-state index in [0.29, 0.717) is 36.6 Å². The number of methoxy groups -OCH3 is 2. The van der Waals surface area contributed by atoms with Crippen LogP contribution in [0.15, 0.2) is 18.2 Å². The lowest BCUT2D eigenvalue weighted by molar-refractivity contribution is -0.122. The molecule has 7 nitrogen and oxygen atoms in total. The second kappa shape index (κ2) is 10.0. The molecule has 0 saturated carbocycles. The zero-order valence-corrected chi connectivity index (χ0v) is 15.8. The Bertz CT molecular complexity index is 613. The van der Waals surface area contributed by atoms with Crippen LogP contribution in [0, 0.1) is 0 Å². The number of nitrogens with one attached hydrogen (secondary N) is 2. The molecule has 7 heteroatoms. The van der Waals surface area contributed by atoms with Gasteiger partial charge >= 0.3 is 0 Å². The summed E-state index contributed by atoms with van der Waals surface area (Å²) in [6, 6.07) is 5.34. The predicted octanol–water partition coefficient (Wildman–Crippen LogP) is 1.42. The first-order valence-electron chi connectivity index (χ1n) is 9.04. The van der Waals surface area contributed by atoms with Gasteiger partial charge < -0.3 is 25.0 Å². The van der Waals surface area contributed by atoms with Crippen molar-refractivity contribution in [1.29, 1.82) is 0 Å². The highest BCUT2D eigenvalue weighted by molar-refractivity contribution is 5.95. The number of carbonyl (C=O) groups excluding carboxylic acids is 2. The van der Waals surface area contributed by atoms with E-state index < -0.39 is 0 Å². The van der Waals surface area contributed by atoms with E-state index in [2.05, 4.69) is 10.6 Å². The molecule has 26 heavy (non-hydrogen) atoms. The van der Waals surface area contributed by atoms with Crippen molar-refractivity contribution in [1.82, 2.24) is 15.5 Å². The maximum Gasteiger partial charge on any atom is 0.253 e. The van der Waals surface area contributed by atoms with E-state index in [1.807, 2.05) is 11.9 Å². The summed E-state index contributed by atoms with van der Waals surface area (Å²) in [5.74, 6) is 1.21. The Kier molecular flexibility index (Phi) is 7.72. The van der Waals surface area contributed by atoms with E-state index in [9.17, 15) is 9.59 Å². The number of benzene rings is 1. The van der Waals surface area contributed by atoms with E-state index in [1.54, 1.807) is 32.4 Å². The molecule has 0 bridgehead atoms. The van der Waals surface area contributed by atoms with Crippen molar-refractivity contribution in [3.8, 4) is 11.5 Å². The topological polar surface area (TPSA) is 79.9 Å². The number of ether oxygens (including phenoxy) is 2. The highest BCUT2D eigenvalue weighted by atomic mass is 16.5. The van der Waals surface area contributed by atoms with Crippen LogP contribution in [0.2, 0.25) is 0 Å². The minimum absolute atomic E-state index is 0.0234. The molecule has 0 aromatic heterocycles. The van der Waals surface area contributed by atoms with Crippen molar-refractivity contribution < 1.29 is 19.1 Å². The van der Waals surface area contributed by atoms with Crippen LogP contribution in [0.1, 0.15) is 36.0 Å². The minimum atomic E-state index is -0.0234. The normalized spacial score (nSPS) is 14.8. The van der Waals surface area contributed by atoms with Crippen molar-refractivity contribution in [3.05, 3.63) is 23.8 Å². The van der Waals surface area contributed by atoms with Gasteiger partial charge in [0.05, 0.1) is 14.2 Å². The maximum absolute atomic E-state index is 12.7. The molecule has 0 radical (unpaired) electrons. The molecule has 1 aliphatic heterocycles. The van der Waals surface area contributed by atoms with Gasteiger partial charge in [0.2, 0.25) is 5.91 Å². The first kappa shape index (κ1) is 20.0. The summed E-state index contributed by atoms with van der Waals surface area (Å²) in [6.45, 7) is 2.11. The second-order valence-electron chi connectivity index (χ2n) is 6.41. The van der Waals surface area contributed by atoms with Gasteiger partial charge in [0.15, 0.2) is 11.5 Å². The molecule has 2 amide bonds. The summed E-state index contributed by atoms with van der Waals surface area (Å²) < 4.78 is 10.5. The van der Waals surface area contributed by atoms with Crippen LogP contribution in [0.5, 0.6) is 11.5 Å². The van der Waals surface area contributed by atoms with E-state index in [0.717, 1.165) is 25.8 Å². The quantitative estimate of drug-likeness (QED) is 0.683. The molecule has 1 aliphatic rings. The zero-order valence-electron chi connectivity index (χ0n) is 15.8. The fourth-order valence-corrected chi connectivity index (χ4v) is 3.10. The number of piperidine rings is 1.